The van der Waals surface area contributed by atoms with Crippen LogP contribution < -0.4 is 10.2 Å². The molecule has 2 heterocycles. The number of halogens is 1. The zero-order valence-electron chi connectivity index (χ0n) is 11.3. The maximum atomic E-state index is 11.0. The first kappa shape index (κ1) is 13.2. The molecule has 19 heavy (non-hydrogen) atoms. The summed E-state index contributed by atoms with van der Waals surface area (Å²) in [5.74, 6) is 0. The molecule has 0 unspecified atom stereocenters. The Morgan fingerprint density at radius 1 is 1.58 bits per heavy atom. The van der Waals surface area contributed by atoms with Crippen molar-refractivity contribution >= 4 is 21.6 Å². The fourth-order valence-corrected chi connectivity index (χ4v) is 3.44. The first-order valence-electron chi connectivity index (χ1n) is 6.68. The number of hydrogen-bond acceptors (Lipinski definition) is 3. The van der Waals surface area contributed by atoms with Crippen molar-refractivity contribution in [1.29, 1.82) is 0 Å². The fourth-order valence-electron chi connectivity index (χ4n) is 3.09. The third-order valence-electron chi connectivity index (χ3n) is 4.04. The average Bonchev–Trinajstić information content (AvgIpc) is 2.81. The lowest BCUT2D eigenvalue weighted by molar-refractivity contribution is 0.0345. The number of benzene rings is 1. The Morgan fingerprint density at radius 2 is 2.37 bits per heavy atom. The quantitative estimate of drug-likeness (QED) is 0.822. The molecule has 3 rings (SSSR count). The van der Waals surface area contributed by atoms with Gasteiger partial charge in [-0.3, -0.25) is 5.32 Å². The topological polar surface area (TPSA) is 35.5 Å². The van der Waals surface area contributed by atoms with Gasteiger partial charge in [0.05, 0.1) is 0 Å². The minimum absolute atomic E-state index is 0.00704. The number of fused-ring (bicyclic) bond motifs is 3. The van der Waals surface area contributed by atoms with E-state index in [0.717, 1.165) is 35.2 Å². The first-order chi connectivity index (χ1) is 9.02. The Kier molecular flexibility index (Phi) is 3.20. The number of allylic oxidation sites excluding steroid dienone is 1. The highest BCUT2D eigenvalue weighted by Gasteiger charge is 2.52. The molecule has 2 aliphatic heterocycles. The van der Waals surface area contributed by atoms with Crippen LogP contribution in [0.2, 0.25) is 0 Å². The van der Waals surface area contributed by atoms with Gasteiger partial charge in [-0.2, -0.15) is 0 Å². The molecule has 0 bridgehead atoms. The minimum atomic E-state index is -0.745. The second-order valence-electron chi connectivity index (χ2n) is 5.63. The summed E-state index contributed by atoms with van der Waals surface area (Å²) >= 11 is 3.53. The maximum absolute atomic E-state index is 11.0. The van der Waals surface area contributed by atoms with Gasteiger partial charge in [0, 0.05) is 28.8 Å². The summed E-state index contributed by atoms with van der Waals surface area (Å²) in [5, 5.41) is 14.4. The van der Waals surface area contributed by atoms with Crippen LogP contribution in [0.3, 0.4) is 0 Å². The molecule has 2 N–H and O–H groups in total. The Labute approximate surface area is 122 Å². The lowest BCUT2D eigenvalue weighted by Gasteiger charge is -2.29. The molecule has 3 nitrogen and oxygen atoms in total. The molecule has 2 atom stereocenters. The van der Waals surface area contributed by atoms with Crippen molar-refractivity contribution < 1.29 is 5.11 Å². The molecule has 1 saturated heterocycles. The molecule has 1 aromatic carbocycles. The van der Waals surface area contributed by atoms with Crippen LogP contribution in [0, 0.1) is 0 Å². The lowest BCUT2D eigenvalue weighted by atomic mass is 9.93. The predicted molar refractivity (Wildman–Crippen MR) is 81.2 cm³/mol. The van der Waals surface area contributed by atoms with Gasteiger partial charge in [0.2, 0.25) is 0 Å². The summed E-state index contributed by atoms with van der Waals surface area (Å²) < 4.78 is 1.05. The normalized spacial score (nSPS) is 28.2. The molecule has 4 heteroatoms. The third-order valence-corrected chi connectivity index (χ3v) is 4.53. The molecule has 1 aromatic rings. The number of hydrogen-bond donors (Lipinski definition) is 2. The van der Waals surface area contributed by atoms with Crippen LogP contribution in [0.25, 0.3) is 0 Å². The average molecular weight is 323 g/mol. The SMILES string of the molecule is CC(C)=CCN1c2cc(Br)ccc2[C@]2(O)CCN[C@H]12. The van der Waals surface area contributed by atoms with Crippen molar-refractivity contribution in [2.75, 3.05) is 18.0 Å². The van der Waals surface area contributed by atoms with E-state index in [0.29, 0.717) is 0 Å². The van der Waals surface area contributed by atoms with Gasteiger partial charge in [0.15, 0.2) is 0 Å². The molecular weight excluding hydrogens is 304 g/mol. The predicted octanol–water partition coefficient (Wildman–Crippen LogP) is 2.74. The Hall–Kier alpha value is -0.840. The second kappa shape index (κ2) is 4.62. The highest BCUT2D eigenvalue weighted by atomic mass is 79.9. The van der Waals surface area contributed by atoms with Crippen molar-refractivity contribution in [1.82, 2.24) is 5.32 Å². The van der Waals surface area contributed by atoms with Gasteiger partial charge in [-0.05, 0) is 32.4 Å². The van der Waals surface area contributed by atoms with Gasteiger partial charge in [0.25, 0.3) is 0 Å². The number of aliphatic hydroxyl groups is 1. The van der Waals surface area contributed by atoms with E-state index in [2.05, 4.69) is 52.1 Å². The van der Waals surface area contributed by atoms with Crippen LogP contribution in [-0.2, 0) is 5.60 Å². The highest BCUT2D eigenvalue weighted by Crippen LogP contribution is 2.47. The van der Waals surface area contributed by atoms with Crippen LogP contribution in [0.5, 0.6) is 0 Å². The largest absolute Gasteiger partial charge is 0.381 e. The first-order valence-corrected chi connectivity index (χ1v) is 7.47. The standard InChI is InChI=1S/C15H19BrN2O/c1-10(2)5-8-18-13-9-11(16)3-4-12(13)15(19)6-7-17-14(15)18/h3-5,9,14,17,19H,6-8H2,1-2H3/t14-,15-/m1/s1. The number of nitrogens with one attached hydrogen (secondary N) is 1. The zero-order valence-corrected chi connectivity index (χ0v) is 12.9. The molecule has 0 aromatic heterocycles. The molecular formula is C15H19BrN2O. The molecule has 2 aliphatic rings. The van der Waals surface area contributed by atoms with Gasteiger partial charge in [-0.25, -0.2) is 0 Å². The molecule has 0 amide bonds. The van der Waals surface area contributed by atoms with E-state index in [4.69, 9.17) is 0 Å². The van der Waals surface area contributed by atoms with E-state index in [1.54, 1.807) is 0 Å². The maximum Gasteiger partial charge on any atom is 0.126 e. The minimum Gasteiger partial charge on any atom is -0.381 e. The summed E-state index contributed by atoms with van der Waals surface area (Å²) in [6, 6.07) is 6.16. The van der Waals surface area contributed by atoms with Gasteiger partial charge in [-0.15, -0.1) is 0 Å². The van der Waals surface area contributed by atoms with Gasteiger partial charge >= 0.3 is 0 Å². The Bertz CT molecular complexity index is 539. The number of rotatable bonds is 2. The lowest BCUT2D eigenvalue weighted by Crippen LogP contribution is -2.47. The van der Waals surface area contributed by atoms with E-state index in [1.165, 1.54) is 5.57 Å². The van der Waals surface area contributed by atoms with E-state index in [-0.39, 0.29) is 6.17 Å². The monoisotopic (exact) mass is 322 g/mol. The zero-order chi connectivity index (χ0) is 13.6. The van der Waals surface area contributed by atoms with Crippen LogP contribution in [0.1, 0.15) is 25.8 Å². The van der Waals surface area contributed by atoms with Crippen molar-refractivity contribution in [2.24, 2.45) is 0 Å². The molecule has 0 saturated carbocycles. The van der Waals surface area contributed by atoms with E-state index in [1.807, 2.05) is 12.1 Å². The van der Waals surface area contributed by atoms with Crippen LogP contribution in [0.4, 0.5) is 5.69 Å². The molecule has 102 valence electrons. The fraction of sp³-hybridized carbons (Fsp3) is 0.467. The molecule has 0 spiro atoms. The highest BCUT2D eigenvalue weighted by molar-refractivity contribution is 9.10. The molecule has 0 radical (unpaired) electrons. The van der Waals surface area contributed by atoms with E-state index in [9.17, 15) is 5.11 Å². The van der Waals surface area contributed by atoms with Crippen LogP contribution in [-0.4, -0.2) is 24.4 Å². The van der Waals surface area contributed by atoms with Crippen LogP contribution in [0.15, 0.2) is 34.3 Å². The van der Waals surface area contributed by atoms with Gasteiger partial charge in [0.1, 0.15) is 11.8 Å². The van der Waals surface area contributed by atoms with E-state index >= 15 is 0 Å². The second-order valence-corrected chi connectivity index (χ2v) is 6.54. The van der Waals surface area contributed by atoms with Crippen molar-refractivity contribution in [2.45, 2.75) is 32.0 Å². The van der Waals surface area contributed by atoms with Crippen molar-refractivity contribution in [3.63, 3.8) is 0 Å². The summed E-state index contributed by atoms with van der Waals surface area (Å²) in [6.07, 6.45) is 2.97. The smallest absolute Gasteiger partial charge is 0.126 e. The molecule has 1 fully saturated rings. The number of anilines is 1. The van der Waals surface area contributed by atoms with Crippen molar-refractivity contribution in [3.8, 4) is 0 Å². The third kappa shape index (κ3) is 2.02. The summed E-state index contributed by atoms with van der Waals surface area (Å²) in [7, 11) is 0. The van der Waals surface area contributed by atoms with Gasteiger partial charge in [-0.1, -0.05) is 33.6 Å². The number of nitrogens with zero attached hydrogens (tertiary/aromatic N) is 1. The Balaban J connectivity index is 2.05. The van der Waals surface area contributed by atoms with Crippen molar-refractivity contribution in [3.05, 3.63) is 39.9 Å². The summed E-state index contributed by atoms with van der Waals surface area (Å²) in [6.45, 7) is 5.89. The Morgan fingerprint density at radius 3 is 3.11 bits per heavy atom. The summed E-state index contributed by atoms with van der Waals surface area (Å²) in [5.41, 5.74) is 2.73. The van der Waals surface area contributed by atoms with Crippen LogP contribution >= 0.6 is 15.9 Å². The van der Waals surface area contributed by atoms with E-state index < -0.39 is 5.60 Å². The summed E-state index contributed by atoms with van der Waals surface area (Å²) in [4.78, 5) is 2.26. The van der Waals surface area contributed by atoms with Gasteiger partial charge < -0.3 is 10.0 Å². The molecule has 0 aliphatic carbocycles.